The van der Waals surface area contributed by atoms with E-state index in [-0.39, 0.29) is 23.2 Å². The SMILES string of the molecule is O=C(O)c1nc(-c2cncnc2)c2c(cc(-c3ccccc3)c(=O)n2Cc2ccccc2)c1O. The van der Waals surface area contributed by atoms with Gasteiger partial charge in [0.25, 0.3) is 5.56 Å². The van der Waals surface area contributed by atoms with Gasteiger partial charge in [0.15, 0.2) is 11.4 Å². The Morgan fingerprint density at radius 2 is 1.56 bits per heavy atom. The average molecular weight is 450 g/mol. The van der Waals surface area contributed by atoms with Crippen molar-refractivity contribution in [1.82, 2.24) is 19.5 Å². The molecule has 0 fully saturated rings. The standard InChI is InChI=1S/C26H18N4O4/c31-24-20-11-19(17-9-5-2-6-10-17)25(32)30(14-16-7-3-1-4-8-16)23(20)21(29-22(24)26(33)34)18-12-27-15-28-13-18/h1-13,15,31H,14H2,(H,33,34). The van der Waals surface area contributed by atoms with Gasteiger partial charge in [0.1, 0.15) is 6.33 Å². The number of carbonyl (C=O) groups is 1. The van der Waals surface area contributed by atoms with Gasteiger partial charge in [-0.1, -0.05) is 60.7 Å². The molecule has 0 aliphatic heterocycles. The van der Waals surface area contributed by atoms with Gasteiger partial charge in [0, 0.05) is 28.9 Å². The van der Waals surface area contributed by atoms with Crippen LogP contribution < -0.4 is 5.56 Å². The van der Waals surface area contributed by atoms with Crippen LogP contribution in [-0.4, -0.2) is 35.7 Å². The number of hydrogen-bond donors (Lipinski definition) is 2. The van der Waals surface area contributed by atoms with Gasteiger partial charge < -0.3 is 14.8 Å². The van der Waals surface area contributed by atoms with Crippen LogP contribution in [0.1, 0.15) is 16.1 Å². The van der Waals surface area contributed by atoms with Crippen molar-refractivity contribution >= 4 is 16.9 Å². The number of rotatable bonds is 5. The number of aromatic carboxylic acids is 1. The minimum atomic E-state index is -1.39. The minimum Gasteiger partial charge on any atom is -0.505 e. The highest BCUT2D eigenvalue weighted by atomic mass is 16.4. The first kappa shape index (κ1) is 21.0. The average Bonchev–Trinajstić information content (AvgIpc) is 2.87. The van der Waals surface area contributed by atoms with Crippen molar-refractivity contribution in [3.8, 4) is 28.1 Å². The molecular weight excluding hydrogens is 432 g/mol. The van der Waals surface area contributed by atoms with Gasteiger partial charge in [0.2, 0.25) is 0 Å². The third-order valence-electron chi connectivity index (χ3n) is 5.52. The maximum absolute atomic E-state index is 13.8. The fraction of sp³-hybridized carbons (Fsp3) is 0.0385. The van der Waals surface area contributed by atoms with Crippen LogP contribution in [0.25, 0.3) is 33.3 Å². The first-order chi connectivity index (χ1) is 16.5. The molecule has 8 heteroatoms. The van der Waals surface area contributed by atoms with E-state index in [0.29, 0.717) is 22.2 Å². The number of aromatic hydroxyl groups is 1. The monoisotopic (exact) mass is 450 g/mol. The van der Waals surface area contributed by atoms with Crippen LogP contribution in [-0.2, 0) is 6.54 Å². The van der Waals surface area contributed by atoms with E-state index in [1.165, 1.54) is 29.4 Å². The predicted molar refractivity (Wildman–Crippen MR) is 127 cm³/mol. The zero-order valence-electron chi connectivity index (χ0n) is 17.8. The van der Waals surface area contributed by atoms with Gasteiger partial charge in [-0.2, -0.15) is 0 Å². The molecular formula is C26H18N4O4. The Morgan fingerprint density at radius 3 is 2.21 bits per heavy atom. The normalized spacial score (nSPS) is 10.9. The van der Waals surface area contributed by atoms with Crippen molar-refractivity contribution in [3.05, 3.63) is 107 Å². The highest BCUT2D eigenvalue weighted by Gasteiger charge is 2.24. The third kappa shape index (κ3) is 3.67. The number of pyridine rings is 2. The summed E-state index contributed by atoms with van der Waals surface area (Å²) in [5, 5.41) is 20.9. The summed E-state index contributed by atoms with van der Waals surface area (Å²) in [6, 6.07) is 19.9. The van der Waals surface area contributed by atoms with Gasteiger partial charge in [-0.25, -0.2) is 19.7 Å². The summed E-state index contributed by atoms with van der Waals surface area (Å²) < 4.78 is 1.51. The molecule has 5 aromatic rings. The lowest BCUT2D eigenvalue weighted by molar-refractivity contribution is 0.0687. The Morgan fingerprint density at radius 1 is 0.912 bits per heavy atom. The lowest BCUT2D eigenvalue weighted by Crippen LogP contribution is -2.24. The van der Waals surface area contributed by atoms with Crippen molar-refractivity contribution in [3.63, 3.8) is 0 Å². The topological polar surface area (TPSA) is 118 Å². The number of fused-ring (bicyclic) bond motifs is 1. The summed E-state index contributed by atoms with van der Waals surface area (Å²) in [5.41, 5.74) is 1.92. The largest absolute Gasteiger partial charge is 0.505 e. The first-order valence-electron chi connectivity index (χ1n) is 10.4. The van der Waals surface area contributed by atoms with Crippen molar-refractivity contribution < 1.29 is 15.0 Å². The van der Waals surface area contributed by atoms with E-state index in [1.54, 1.807) is 12.1 Å². The zero-order valence-corrected chi connectivity index (χ0v) is 17.8. The molecule has 0 radical (unpaired) electrons. The van der Waals surface area contributed by atoms with Crippen LogP contribution in [0.2, 0.25) is 0 Å². The van der Waals surface area contributed by atoms with E-state index >= 15 is 0 Å². The van der Waals surface area contributed by atoms with Crippen LogP contribution in [0.3, 0.4) is 0 Å². The molecule has 0 bridgehead atoms. The second-order valence-electron chi connectivity index (χ2n) is 7.65. The van der Waals surface area contributed by atoms with E-state index in [9.17, 15) is 19.8 Å². The second kappa shape index (κ2) is 8.59. The minimum absolute atomic E-state index is 0.186. The second-order valence-corrected chi connectivity index (χ2v) is 7.65. The summed E-state index contributed by atoms with van der Waals surface area (Å²) in [7, 11) is 0. The molecule has 34 heavy (non-hydrogen) atoms. The van der Waals surface area contributed by atoms with Crippen LogP contribution in [0.4, 0.5) is 0 Å². The molecule has 0 amide bonds. The Kier molecular flexibility index (Phi) is 5.31. The van der Waals surface area contributed by atoms with Crippen molar-refractivity contribution in [2.24, 2.45) is 0 Å². The van der Waals surface area contributed by atoms with Crippen molar-refractivity contribution in [2.75, 3.05) is 0 Å². The third-order valence-corrected chi connectivity index (χ3v) is 5.52. The van der Waals surface area contributed by atoms with Crippen LogP contribution >= 0.6 is 0 Å². The molecule has 2 N–H and O–H groups in total. The Labute approximate surface area is 193 Å². The number of nitrogens with zero attached hydrogens (tertiary/aromatic N) is 4. The molecule has 0 aliphatic carbocycles. The lowest BCUT2D eigenvalue weighted by Gasteiger charge is -2.18. The summed E-state index contributed by atoms with van der Waals surface area (Å²) in [4.78, 5) is 38.0. The fourth-order valence-corrected chi connectivity index (χ4v) is 3.96. The summed E-state index contributed by atoms with van der Waals surface area (Å²) in [6.45, 7) is 0.186. The zero-order chi connectivity index (χ0) is 23.7. The Balaban J connectivity index is 1.94. The molecule has 0 atom stereocenters. The fourth-order valence-electron chi connectivity index (χ4n) is 3.96. The Bertz CT molecular complexity index is 1570. The molecule has 2 aromatic carbocycles. The van der Waals surface area contributed by atoms with E-state index in [2.05, 4.69) is 15.0 Å². The molecule has 0 spiro atoms. The van der Waals surface area contributed by atoms with Gasteiger partial charge in [0.05, 0.1) is 17.8 Å². The summed E-state index contributed by atoms with van der Waals surface area (Å²) in [5.74, 6) is -1.90. The molecule has 5 rings (SSSR count). The predicted octanol–water partition coefficient (Wildman–Crippen LogP) is 3.97. The number of carboxylic acids is 1. The quantitative estimate of drug-likeness (QED) is 0.416. The van der Waals surface area contributed by atoms with E-state index in [1.807, 2.05) is 48.5 Å². The van der Waals surface area contributed by atoms with Gasteiger partial charge in [-0.05, 0) is 17.2 Å². The molecule has 8 nitrogen and oxygen atoms in total. The molecule has 0 saturated carbocycles. The summed E-state index contributed by atoms with van der Waals surface area (Å²) >= 11 is 0. The lowest BCUT2D eigenvalue weighted by atomic mass is 10.0. The highest BCUT2D eigenvalue weighted by Crippen LogP contribution is 2.36. The molecule has 166 valence electrons. The number of carboxylic acid groups (broad SMARTS) is 1. The van der Waals surface area contributed by atoms with Crippen LogP contribution in [0, 0.1) is 0 Å². The molecule has 0 saturated heterocycles. The van der Waals surface area contributed by atoms with Crippen LogP contribution in [0.15, 0.2) is 90.2 Å². The highest BCUT2D eigenvalue weighted by molar-refractivity contribution is 6.03. The van der Waals surface area contributed by atoms with E-state index in [4.69, 9.17) is 0 Å². The van der Waals surface area contributed by atoms with Crippen molar-refractivity contribution in [1.29, 1.82) is 0 Å². The molecule has 0 unspecified atom stereocenters. The first-order valence-corrected chi connectivity index (χ1v) is 10.4. The Hall–Kier alpha value is -4.85. The molecule has 0 aliphatic rings. The van der Waals surface area contributed by atoms with Crippen LogP contribution in [0.5, 0.6) is 5.75 Å². The van der Waals surface area contributed by atoms with E-state index < -0.39 is 17.4 Å². The maximum Gasteiger partial charge on any atom is 0.358 e. The molecule has 3 aromatic heterocycles. The number of hydrogen-bond acceptors (Lipinski definition) is 6. The van der Waals surface area contributed by atoms with E-state index in [0.717, 1.165) is 5.56 Å². The smallest absolute Gasteiger partial charge is 0.358 e. The van der Waals surface area contributed by atoms with Gasteiger partial charge in [-0.15, -0.1) is 0 Å². The number of aromatic nitrogens is 4. The maximum atomic E-state index is 13.8. The number of benzene rings is 2. The van der Waals surface area contributed by atoms with Gasteiger partial charge in [-0.3, -0.25) is 4.79 Å². The molecule has 3 heterocycles. The van der Waals surface area contributed by atoms with Gasteiger partial charge >= 0.3 is 5.97 Å². The van der Waals surface area contributed by atoms with Crippen molar-refractivity contribution in [2.45, 2.75) is 6.54 Å². The summed E-state index contributed by atoms with van der Waals surface area (Å²) in [6.07, 6.45) is 4.31.